The Morgan fingerprint density at radius 1 is 1.56 bits per heavy atom. The van der Waals surface area contributed by atoms with Crippen LogP contribution >= 0.6 is 0 Å². The smallest absolute Gasteiger partial charge is 0.304 e. The Morgan fingerprint density at radius 2 is 2.25 bits per heavy atom. The minimum Gasteiger partial charge on any atom is -0.481 e. The molecule has 0 fully saturated rings. The Balaban J connectivity index is 2.58. The van der Waals surface area contributed by atoms with E-state index < -0.39 is 28.2 Å². The lowest BCUT2D eigenvalue weighted by atomic mass is 10.3. The van der Waals surface area contributed by atoms with Crippen molar-refractivity contribution in [1.82, 2.24) is 4.31 Å². The van der Waals surface area contributed by atoms with Gasteiger partial charge in [-0.15, -0.1) is 0 Å². The van der Waals surface area contributed by atoms with Crippen LogP contribution in [0.25, 0.3) is 0 Å². The van der Waals surface area contributed by atoms with E-state index in [0.717, 1.165) is 9.87 Å². The number of hydrogen-bond acceptors (Lipinski definition) is 4. The number of furan rings is 1. The minimum absolute atomic E-state index is 0.179. The second kappa shape index (κ2) is 5.13. The van der Waals surface area contributed by atoms with Gasteiger partial charge >= 0.3 is 5.97 Å². The molecule has 0 saturated carbocycles. The number of carboxylic acid groups (broad SMARTS) is 1. The second-order valence-electron chi connectivity index (χ2n) is 3.35. The first-order chi connectivity index (χ1) is 7.42. The van der Waals surface area contributed by atoms with E-state index in [0.29, 0.717) is 0 Å². The first-order valence-electron chi connectivity index (χ1n) is 4.58. The molecule has 0 aliphatic heterocycles. The van der Waals surface area contributed by atoms with E-state index in [1.807, 2.05) is 0 Å². The number of rotatable bonds is 6. The van der Waals surface area contributed by atoms with Gasteiger partial charge in [0, 0.05) is 19.2 Å². The number of carboxylic acids is 1. The van der Waals surface area contributed by atoms with Crippen molar-refractivity contribution in [3.05, 3.63) is 24.2 Å². The molecule has 7 heteroatoms. The molecule has 0 amide bonds. The van der Waals surface area contributed by atoms with Gasteiger partial charge in [0.05, 0.1) is 24.7 Å². The topological polar surface area (TPSA) is 87.8 Å². The molecule has 0 radical (unpaired) electrons. The molecule has 1 heterocycles. The fraction of sp³-hybridized carbons (Fsp3) is 0.444. The lowest BCUT2D eigenvalue weighted by Crippen LogP contribution is -2.29. The Kier molecular flexibility index (Phi) is 4.08. The van der Waals surface area contributed by atoms with Gasteiger partial charge in [0.15, 0.2) is 0 Å². The molecule has 0 aromatic carbocycles. The predicted octanol–water partition coefficient (Wildman–Crippen LogP) is 0.516. The molecule has 16 heavy (non-hydrogen) atoms. The molecule has 1 aromatic rings. The largest absolute Gasteiger partial charge is 0.481 e. The molecule has 1 aromatic heterocycles. The zero-order valence-electron chi connectivity index (χ0n) is 8.79. The molecule has 0 unspecified atom stereocenters. The Morgan fingerprint density at radius 3 is 2.75 bits per heavy atom. The molecule has 90 valence electrons. The third-order valence-corrected chi connectivity index (χ3v) is 3.83. The van der Waals surface area contributed by atoms with Gasteiger partial charge in [0.2, 0.25) is 10.0 Å². The van der Waals surface area contributed by atoms with Crippen LogP contribution < -0.4 is 0 Å². The average Bonchev–Trinajstić information content (AvgIpc) is 2.67. The van der Waals surface area contributed by atoms with E-state index in [-0.39, 0.29) is 6.54 Å². The van der Waals surface area contributed by atoms with Crippen LogP contribution in [0.2, 0.25) is 0 Å². The number of sulfonamides is 1. The van der Waals surface area contributed by atoms with Crippen LogP contribution in [-0.2, 0) is 21.4 Å². The summed E-state index contributed by atoms with van der Waals surface area (Å²) in [6, 6.07) is 1.66. The molecule has 0 aliphatic rings. The van der Waals surface area contributed by atoms with Crippen LogP contribution in [0, 0.1) is 0 Å². The third kappa shape index (κ3) is 3.67. The van der Waals surface area contributed by atoms with Gasteiger partial charge in [-0.1, -0.05) is 0 Å². The summed E-state index contributed by atoms with van der Waals surface area (Å²) in [6.07, 6.45) is 2.51. The van der Waals surface area contributed by atoms with Gasteiger partial charge in [-0.2, -0.15) is 0 Å². The van der Waals surface area contributed by atoms with Crippen molar-refractivity contribution in [3.63, 3.8) is 0 Å². The van der Waals surface area contributed by atoms with Gasteiger partial charge < -0.3 is 9.52 Å². The summed E-state index contributed by atoms with van der Waals surface area (Å²) < 4.78 is 29.1. The molecule has 0 bridgehead atoms. The fourth-order valence-corrected chi connectivity index (χ4v) is 2.20. The molecule has 1 N–H and O–H groups in total. The first-order valence-corrected chi connectivity index (χ1v) is 6.19. The molecular weight excluding hydrogens is 234 g/mol. The minimum atomic E-state index is -3.52. The standard InChI is InChI=1S/C9H13NO5S/c1-10(6-8-2-4-15-7-8)16(13,14)5-3-9(11)12/h2,4,7H,3,5-6H2,1H3,(H,11,12). The van der Waals surface area contributed by atoms with E-state index in [2.05, 4.69) is 0 Å². The lowest BCUT2D eigenvalue weighted by Gasteiger charge is -2.15. The van der Waals surface area contributed by atoms with Gasteiger partial charge in [0.25, 0.3) is 0 Å². The van der Waals surface area contributed by atoms with Crippen LogP contribution in [0.1, 0.15) is 12.0 Å². The highest BCUT2D eigenvalue weighted by molar-refractivity contribution is 7.89. The zero-order valence-corrected chi connectivity index (χ0v) is 9.61. The van der Waals surface area contributed by atoms with E-state index in [1.54, 1.807) is 6.07 Å². The summed E-state index contributed by atoms with van der Waals surface area (Å²) in [4.78, 5) is 10.3. The number of carbonyl (C=O) groups is 1. The summed E-state index contributed by atoms with van der Waals surface area (Å²) >= 11 is 0. The van der Waals surface area contributed by atoms with E-state index in [1.165, 1.54) is 19.6 Å². The van der Waals surface area contributed by atoms with E-state index in [4.69, 9.17) is 9.52 Å². The Hall–Kier alpha value is -1.34. The monoisotopic (exact) mass is 247 g/mol. The summed E-state index contributed by atoms with van der Waals surface area (Å²) in [6.45, 7) is 0.179. The fourth-order valence-electron chi connectivity index (χ4n) is 1.11. The van der Waals surface area contributed by atoms with Crippen molar-refractivity contribution in [2.24, 2.45) is 0 Å². The molecule has 6 nitrogen and oxygen atoms in total. The van der Waals surface area contributed by atoms with Gasteiger partial charge in [-0.05, 0) is 6.07 Å². The molecular formula is C9H13NO5S. The van der Waals surface area contributed by atoms with Crippen molar-refractivity contribution < 1.29 is 22.7 Å². The van der Waals surface area contributed by atoms with E-state index in [9.17, 15) is 13.2 Å². The van der Waals surface area contributed by atoms with Crippen LogP contribution in [-0.4, -0.2) is 36.6 Å². The summed E-state index contributed by atoms with van der Waals surface area (Å²) in [7, 11) is -2.11. The first kappa shape index (κ1) is 12.7. The second-order valence-corrected chi connectivity index (χ2v) is 5.54. The highest BCUT2D eigenvalue weighted by Gasteiger charge is 2.19. The van der Waals surface area contributed by atoms with Crippen molar-refractivity contribution in [1.29, 1.82) is 0 Å². The van der Waals surface area contributed by atoms with Gasteiger partial charge in [-0.25, -0.2) is 12.7 Å². The maximum absolute atomic E-state index is 11.6. The van der Waals surface area contributed by atoms with Crippen molar-refractivity contribution in [2.75, 3.05) is 12.8 Å². The average molecular weight is 247 g/mol. The Labute approximate surface area is 93.5 Å². The van der Waals surface area contributed by atoms with Crippen molar-refractivity contribution >= 4 is 16.0 Å². The zero-order chi connectivity index (χ0) is 12.2. The summed E-state index contributed by atoms with van der Waals surface area (Å²) in [5.41, 5.74) is 0.724. The maximum Gasteiger partial charge on any atom is 0.304 e. The highest BCUT2D eigenvalue weighted by atomic mass is 32.2. The molecule has 0 atom stereocenters. The quantitative estimate of drug-likeness (QED) is 0.791. The predicted molar refractivity (Wildman–Crippen MR) is 56.2 cm³/mol. The van der Waals surface area contributed by atoms with Crippen LogP contribution in [0.3, 0.4) is 0 Å². The van der Waals surface area contributed by atoms with Crippen molar-refractivity contribution in [2.45, 2.75) is 13.0 Å². The SMILES string of the molecule is CN(Cc1ccoc1)S(=O)(=O)CCC(=O)O. The molecule has 0 aliphatic carbocycles. The lowest BCUT2D eigenvalue weighted by molar-refractivity contribution is -0.136. The molecule has 0 saturated heterocycles. The van der Waals surface area contributed by atoms with Gasteiger partial charge in [-0.3, -0.25) is 4.79 Å². The van der Waals surface area contributed by atoms with Crippen LogP contribution in [0.5, 0.6) is 0 Å². The van der Waals surface area contributed by atoms with Gasteiger partial charge in [0.1, 0.15) is 0 Å². The summed E-state index contributed by atoms with van der Waals surface area (Å²) in [5, 5.41) is 8.42. The van der Waals surface area contributed by atoms with Crippen LogP contribution in [0.15, 0.2) is 23.0 Å². The van der Waals surface area contributed by atoms with Crippen LogP contribution in [0.4, 0.5) is 0 Å². The van der Waals surface area contributed by atoms with Crippen molar-refractivity contribution in [3.8, 4) is 0 Å². The number of nitrogens with zero attached hydrogens (tertiary/aromatic N) is 1. The molecule has 1 rings (SSSR count). The Bertz CT molecular complexity index is 436. The third-order valence-electron chi connectivity index (χ3n) is 2.03. The maximum atomic E-state index is 11.6. The molecule has 0 spiro atoms. The number of aliphatic carboxylic acids is 1. The normalized spacial score (nSPS) is 11.9. The van der Waals surface area contributed by atoms with E-state index >= 15 is 0 Å². The number of hydrogen-bond donors (Lipinski definition) is 1. The summed E-state index contributed by atoms with van der Waals surface area (Å²) in [5.74, 6) is -1.52. The highest BCUT2D eigenvalue weighted by Crippen LogP contribution is 2.08.